The van der Waals surface area contributed by atoms with E-state index in [1.165, 1.54) is 25.1 Å². The Morgan fingerprint density at radius 2 is 2.11 bits per heavy atom. The SMILES string of the molecule is CC(=O)c1cc([N+](=O)[O-])ccc1OCCN(C)C. The molecule has 0 aromatic heterocycles. The van der Waals surface area contributed by atoms with Gasteiger partial charge in [0.1, 0.15) is 12.4 Å². The highest BCUT2D eigenvalue weighted by Gasteiger charge is 2.14. The molecule has 18 heavy (non-hydrogen) atoms. The van der Waals surface area contributed by atoms with Crippen LogP contribution in [0.3, 0.4) is 0 Å². The van der Waals surface area contributed by atoms with E-state index >= 15 is 0 Å². The highest BCUT2D eigenvalue weighted by Crippen LogP contribution is 2.24. The fourth-order valence-electron chi connectivity index (χ4n) is 1.37. The molecule has 1 rings (SSSR count). The van der Waals surface area contributed by atoms with Crippen LogP contribution in [0.5, 0.6) is 5.75 Å². The maximum Gasteiger partial charge on any atom is 0.270 e. The second kappa shape index (κ2) is 6.11. The Balaban J connectivity index is 2.90. The Morgan fingerprint density at radius 1 is 1.44 bits per heavy atom. The van der Waals surface area contributed by atoms with Crippen LogP contribution in [0, 0.1) is 10.1 Å². The molecule has 0 heterocycles. The number of likely N-dealkylation sites (N-methyl/N-ethyl adjacent to an activating group) is 1. The first-order chi connectivity index (χ1) is 8.41. The van der Waals surface area contributed by atoms with Gasteiger partial charge in [0.2, 0.25) is 0 Å². The smallest absolute Gasteiger partial charge is 0.270 e. The number of nitro benzene ring substituents is 1. The molecular weight excluding hydrogens is 236 g/mol. The van der Waals surface area contributed by atoms with Crippen LogP contribution in [0.15, 0.2) is 18.2 Å². The van der Waals surface area contributed by atoms with Gasteiger partial charge in [-0.05, 0) is 27.1 Å². The van der Waals surface area contributed by atoms with Gasteiger partial charge in [-0.25, -0.2) is 0 Å². The van der Waals surface area contributed by atoms with E-state index in [0.29, 0.717) is 18.9 Å². The number of carbonyl (C=O) groups is 1. The zero-order chi connectivity index (χ0) is 13.7. The van der Waals surface area contributed by atoms with Crippen molar-refractivity contribution in [2.45, 2.75) is 6.92 Å². The number of ketones is 1. The first-order valence-corrected chi connectivity index (χ1v) is 5.48. The summed E-state index contributed by atoms with van der Waals surface area (Å²) in [6.07, 6.45) is 0. The number of non-ortho nitro benzene ring substituents is 1. The molecule has 0 bridgehead atoms. The lowest BCUT2D eigenvalue weighted by molar-refractivity contribution is -0.384. The summed E-state index contributed by atoms with van der Waals surface area (Å²) in [5.41, 5.74) is 0.128. The number of nitrogens with zero attached hydrogens (tertiary/aromatic N) is 2. The second-order valence-corrected chi connectivity index (χ2v) is 4.15. The van der Waals surface area contributed by atoms with Gasteiger partial charge in [0, 0.05) is 18.7 Å². The molecule has 0 saturated heterocycles. The van der Waals surface area contributed by atoms with Gasteiger partial charge in [0.15, 0.2) is 5.78 Å². The zero-order valence-corrected chi connectivity index (χ0v) is 10.7. The molecule has 6 heteroatoms. The maximum atomic E-state index is 11.4. The molecule has 0 radical (unpaired) electrons. The van der Waals surface area contributed by atoms with E-state index in [2.05, 4.69) is 0 Å². The Labute approximate surface area is 105 Å². The van der Waals surface area contributed by atoms with E-state index in [1.54, 1.807) is 0 Å². The summed E-state index contributed by atoms with van der Waals surface area (Å²) in [4.78, 5) is 23.5. The molecule has 0 atom stereocenters. The van der Waals surface area contributed by atoms with E-state index in [1.807, 2.05) is 19.0 Å². The van der Waals surface area contributed by atoms with Gasteiger partial charge in [-0.2, -0.15) is 0 Å². The molecule has 0 unspecified atom stereocenters. The normalized spacial score (nSPS) is 10.4. The van der Waals surface area contributed by atoms with Crippen LogP contribution in [-0.2, 0) is 0 Å². The van der Waals surface area contributed by atoms with Crippen LogP contribution in [0.2, 0.25) is 0 Å². The van der Waals surface area contributed by atoms with Crippen molar-refractivity contribution in [2.75, 3.05) is 27.2 Å². The summed E-state index contributed by atoms with van der Waals surface area (Å²) < 4.78 is 5.46. The lowest BCUT2D eigenvalue weighted by atomic mass is 10.1. The van der Waals surface area contributed by atoms with Crippen molar-refractivity contribution >= 4 is 11.5 Å². The van der Waals surface area contributed by atoms with E-state index < -0.39 is 4.92 Å². The first kappa shape index (κ1) is 14.1. The van der Waals surface area contributed by atoms with Gasteiger partial charge in [-0.3, -0.25) is 14.9 Å². The highest BCUT2D eigenvalue weighted by atomic mass is 16.6. The molecular formula is C12H16N2O4. The van der Waals surface area contributed by atoms with Crippen LogP contribution in [0.25, 0.3) is 0 Å². The van der Waals surface area contributed by atoms with Gasteiger partial charge in [-0.15, -0.1) is 0 Å². The Hall–Kier alpha value is -1.95. The van der Waals surface area contributed by atoms with Gasteiger partial charge < -0.3 is 9.64 Å². The number of rotatable bonds is 6. The predicted molar refractivity (Wildman–Crippen MR) is 67.1 cm³/mol. The minimum absolute atomic E-state index is 0.111. The van der Waals surface area contributed by atoms with Crippen LogP contribution < -0.4 is 4.74 Å². The number of benzene rings is 1. The minimum Gasteiger partial charge on any atom is -0.491 e. The predicted octanol–water partition coefficient (Wildman–Crippen LogP) is 1.74. The van der Waals surface area contributed by atoms with Crippen LogP contribution >= 0.6 is 0 Å². The van der Waals surface area contributed by atoms with Gasteiger partial charge in [0.25, 0.3) is 5.69 Å². The number of Topliss-reactive ketones (excluding diaryl/α,β-unsaturated/α-hetero) is 1. The van der Waals surface area contributed by atoms with Crippen molar-refractivity contribution in [3.8, 4) is 5.75 Å². The molecule has 0 spiro atoms. The molecule has 0 aliphatic carbocycles. The number of nitro groups is 1. The monoisotopic (exact) mass is 252 g/mol. The molecule has 1 aromatic rings. The lowest BCUT2D eigenvalue weighted by Gasteiger charge is -2.12. The summed E-state index contributed by atoms with van der Waals surface area (Å²) in [5.74, 6) is 0.133. The summed E-state index contributed by atoms with van der Waals surface area (Å²) in [5, 5.41) is 10.6. The van der Waals surface area contributed by atoms with Crippen molar-refractivity contribution in [3.05, 3.63) is 33.9 Å². The van der Waals surface area contributed by atoms with Crippen molar-refractivity contribution in [1.82, 2.24) is 4.90 Å². The van der Waals surface area contributed by atoms with Crippen LogP contribution in [0.4, 0.5) is 5.69 Å². The quantitative estimate of drug-likeness (QED) is 0.438. The largest absolute Gasteiger partial charge is 0.491 e. The Morgan fingerprint density at radius 3 is 2.61 bits per heavy atom. The molecule has 0 aliphatic rings. The fourth-order valence-corrected chi connectivity index (χ4v) is 1.37. The van der Waals surface area contributed by atoms with E-state index in [-0.39, 0.29) is 17.0 Å². The fraction of sp³-hybridized carbons (Fsp3) is 0.417. The summed E-state index contributed by atoms with van der Waals surface area (Å²) in [7, 11) is 3.82. The molecule has 0 aliphatic heterocycles. The van der Waals surface area contributed by atoms with Crippen molar-refractivity contribution < 1.29 is 14.5 Å². The molecule has 6 nitrogen and oxygen atoms in total. The summed E-state index contributed by atoms with van der Waals surface area (Å²) >= 11 is 0. The number of ether oxygens (including phenoxy) is 1. The number of carbonyl (C=O) groups excluding carboxylic acids is 1. The van der Waals surface area contributed by atoms with E-state index in [0.717, 1.165) is 0 Å². The maximum absolute atomic E-state index is 11.4. The third-order valence-electron chi connectivity index (χ3n) is 2.35. The van der Waals surface area contributed by atoms with Crippen LogP contribution in [-0.4, -0.2) is 42.9 Å². The molecule has 0 saturated carbocycles. The van der Waals surface area contributed by atoms with Crippen LogP contribution in [0.1, 0.15) is 17.3 Å². The Bertz CT molecular complexity index is 457. The molecule has 0 N–H and O–H groups in total. The molecule has 98 valence electrons. The third-order valence-corrected chi connectivity index (χ3v) is 2.35. The average molecular weight is 252 g/mol. The second-order valence-electron chi connectivity index (χ2n) is 4.15. The number of hydrogen-bond acceptors (Lipinski definition) is 5. The minimum atomic E-state index is -0.532. The van der Waals surface area contributed by atoms with Gasteiger partial charge in [0.05, 0.1) is 10.5 Å². The van der Waals surface area contributed by atoms with E-state index in [4.69, 9.17) is 4.74 Å². The van der Waals surface area contributed by atoms with Crippen molar-refractivity contribution in [2.24, 2.45) is 0 Å². The third kappa shape index (κ3) is 3.81. The van der Waals surface area contributed by atoms with Gasteiger partial charge >= 0.3 is 0 Å². The Kier molecular flexibility index (Phi) is 4.79. The number of hydrogen-bond donors (Lipinski definition) is 0. The molecule has 0 fully saturated rings. The highest BCUT2D eigenvalue weighted by molar-refractivity contribution is 5.97. The topological polar surface area (TPSA) is 72.7 Å². The zero-order valence-electron chi connectivity index (χ0n) is 10.7. The molecule has 0 amide bonds. The first-order valence-electron chi connectivity index (χ1n) is 5.48. The average Bonchev–Trinajstić information content (AvgIpc) is 2.28. The summed E-state index contributed by atoms with van der Waals surface area (Å²) in [6, 6.07) is 4.04. The van der Waals surface area contributed by atoms with Gasteiger partial charge in [-0.1, -0.05) is 0 Å². The van der Waals surface area contributed by atoms with Crippen molar-refractivity contribution in [3.63, 3.8) is 0 Å². The van der Waals surface area contributed by atoms with E-state index in [9.17, 15) is 14.9 Å². The molecule has 1 aromatic carbocycles. The standard InChI is InChI=1S/C12H16N2O4/c1-9(15)11-8-10(14(16)17)4-5-12(11)18-7-6-13(2)3/h4-5,8H,6-7H2,1-3H3. The summed E-state index contributed by atoms with van der Waals surface area (Å²) in [6.45, 7) is 2.48. The van der Waals surface area contributed by atoms with Crippen molar-refractivity contribution in [1.29, 1.82) is 0 Å². The lowest BCUT2D eigenvalue weighted by Crippen LogP contribution is -2.20.